The first-order valence-electron chi connectivity index (χ1n) is 5.96. The normalized spacial score (nSPS) is 10.9. The summed E-state index contributed by atoms with van der Waals surface area (Å²) in [6, 6.07) is 14.1. The van der Waals surface area contributed by atoms with Gasteiger partial charge in [-0.25, -0.2) is 13.6 Å². The van der Waals surface area contributed by atoms with E-state index < -0.39 is 10.0 Å². The van der Waals surface area contributed by atoms with Crippen molar-refractivity contribution in [2.75, 3.05) is 5.32 Å². The standard InChI is InChI=1S/C14H12ClN3O2S/c15-12-7-13(18-9-10-4-2-1-3-5-10)11(8-16)6-14(12)21(17,19)20/h1-7,18H,9H2,(H2,17,19,20). The topological polar surface area (TPSA) is 96.0 Å². The van der Waals surface area contributed by atoms with Gasteiger partial charge >= 0.3 is 0 Å². The zero-order valence-electron chi connectivity index (χ0n) is 10.9. The average molecular weight is 322 g/mol. The third kappa shape index (κ3) is 3.73. The molecule has 3 N–H and O–H groups in total. The van der Waals surface area contributed by atoms with Gasteiger partial charge in [-0.1, -0.05) is 41.9 Å². The van der Waals surface area contributed by atoms with Crippen molar-refractivity contribution in [1.29, 1.82) is 5.26 Å². The average Bonchev–Trinajstić information content (AvgIpc) is 2.45. The highest BCUT2D eigenvalue weighted by Crippen LogP contribution is 2.28. The first kappa shape index (κ1) is 15.3. The van der Waals surface area contributed by atoms with Gasteiger partial charge in [0.2, 0.25) is 10.0 Å². The number of hydrogen-bond acceptors (Lipinski definition) is 4. The number of hydrogen-bond donors (Lipinski definition) is 2. The highest BCUT2D eigenvalue weighted by Gasteiger charge is 2.16. The highest BCUT2D eigenvalue weighted by atomic mass is 35.5. The zero-order valence-corrected chi connectivity index (χ0v) is 12.4. The van der Waals surface area contributed by atoms with Gasteiger partial charge in [0, 0.05) is 6.54 Å². The van der Waals surface area contributed by atoms with E-state index in [1.165, 1.54) is 12.1 Å². The summed E-state index contributed by atoms with van der Waals surface area (Å²) in [5, 5.41) is 17.2. The number of halogens is 1. The molecule has 0 bridgehead atoms. The van der Waals surface area contributed by atoms with Crippen LogP contribution in [0.1, 0.15) is 11.1 Å². The molecule has 0 saturated carbocycles. The van der Waals surface area contributed by atoms with E-state index in [1.807, 2.05) is 36.4 Å². The number of anilines is 1. The third-order valence-electron chi connectivity index (χ3n) is 2.82. The quantitative estimate of drug-likeness (QED) is 0.904. The maximum Gasteiger partial charge on any atom is 0.239 e. The number of primary sulfonamides is 1. The molecule has 5 nitrogen and oxygen atoms in total. The molecule has 0 amide bonds. The summed E-state index contributed by atoms with van der Waals surface area (Å²) in [4.78, 5) is -0.258. The minimum Gasteiger partial charge on any atom is -0.380 e. The highest BCUT2D eigenvalue weighted by molar-refractivity contribution is 7.89. The van der Waals surface area contributed by atoms with Gasteiger partial charge < -0.3 is 5.32 Å². The number of nitriles is 1. The van der Waals surface area contributed by atoms with Crippen molar-refractivity contribution in [3.63, 3.8) is 0 Å². The predicted molar refractivity (Wildman–Crippen MR) is 81.3 cm³/mol. The van der Waals surface area contributed by atoms with Crippen LogP contribution >= 0.6 is 11.6 Å². The molecule has 2 aromatic carbocycles. The van der Waals surface area contributed by atoms with Crippen LogP contribution in [0.2, 0.25) is 5.02 Å². The van der Waals surface area contributed by atoms with E-state index >= 15 is 0 Å². The van der Waals surface area contributed by atoms with Crippen LogP contribution in [-0.2, 0) is 16.6 Å². The van der Waals surface area contributed by atoms with Crippen molar-refractivity contribution >= 4 is 27.3 Å². The molecular formula is C14H12ClN3O2S. The zero-order chi connectivity index (χ0) is 15.5. The SMILES string of the molecule is N#Cc1cc(S(N)(=O)=O)c(Cl)cc1NCc1ccccc1. The maximum absolute atomic E-state index is 11.4. The van der Waals surface area contributed by atoms with Crippen LogP contribution in [0.15, 0.2) is 47.4 Å². The van der Waals surface area contributed by atoms with E-state index in [0.29, 0.717) is 12.2 Å². The fourth-order valence-electron chi connectivity index (χ4n) is 1.80. The second-order valence-corrected chi connectivity index (χ2v) is 6.26. The summed E-state index contributed by atoms with van der Waals surface area (Å²) in [7, 11) is -3.96. The molecule has 21 heavy (non-hydrogen) atoms. The van der Waals surface area contributed by atoms with Crippen LogP contribution in [0.4, 0.5) is 5.69 Å². The molecule has 0 aliphatic rings. The molecule has 0 aliphatic carbocycles. The molecule has 2 rings (SSSR count). The summed E-state index contributed by atoms with van der Waals surface area (Å²) in [5.74, 6) is 0. The smallest absolute Gasteiger partial charge is 0.239 e. The number of benzene rings is 2. The first-order chi connectivity index (χ1) is 9.91. The minimum atomic E-state index is -3.96. The van der Waals surface area contributed by atoms with E-state index in [9.17, 15) is 8.42 Å². The lowest BCUT2D eigenvalue weighted by atomic mass is 10.1. The summed E-state index contributed by atoms with van der Waals surface area (Å²) >= 11 is 5.92. The van der Waals surface area contributed by atoms with Crippen LogP contribution < -0.4 is 10.5 Å². The van der Waals surface area contributed by atoms with Crippen molar-refractivity contribution in [2.24, 2.45) is 5.14 Å². The molecule has 0 atom stereocenters. The van der Waals surface area contributed by atoms with Crippen LogP contribution in [-0.4, -0.2) is 8.42 Å². The molecule has 0 radical (unpaired) electrons. The molecule has 0 heterocycles. The number of sulfonamides is 1. The Hall–Kier alpha value is -2.07. The Kier molecular flexibility index (Phi) is 4.48. The van der Waals surface area contributed by atoms with Crippen LogP contribution in [0.25, 0.3) is 0 Å². The maximum atomic E-state index is 11.4. The van der Waals surface area contributed by atoms with E-state index in [1.54, 1.807) is 0 Å². The Morgan fingerprint density at radius 3 is 2.48 bits per heavy atom. The van der Waals surface area contributed by atoms with E-state index in [-0.39, 0.29) is 15.5 Å². The Morgan fingerprint density at radius 2 is 1.90 bits per heavy atom. The van der Waals surface area contributed by atoms with Gasteiger partial charge in [-0.2, -0.15) is 5.26 Å². The largest absolute Gasteiger partial charge is 0.380 e. The molecule has 0 aliphatic heterocycles. The summed E-state index contributed by atoms with van der Waals surface area (Å²) in [6.45, 7) is 0.487. The van der Waals surface area contributed by atoms with Gasteiger partial charge in [-0.05, 0) is 17.7 Å². The van der Waals surface area contributed by atoms with Crippen molar-refractivity contribution in [1.82, 2.24) is 0 Å². The Bertz CT molecular complexity index is 799. The minimum absolute atomic E-state index is 0.0212. The summed E-state index contributed by atoms with van der Waals surface area (Å²) in [5.41, 5.74) is 1.64. The molecule has 0 unspecified atom stereocenters. The Balaban J connectivity index is 2.33. The van der Waals surface area contributed by atoms with Crippen molar-refractivity contribution in [2.45, 2.75) is 11.4 Å². The second-order valence-electron chi connectivity index (χ2n) is 4.32. The molecule has 0 saturated heterocycles. The fraction of sp³-hybridized carbons (Fsp3) is 0.0714. The number of nitrogens with zero attached hydrogens (tertiary/aromatic N) is 1. The summed E-state index contributed by atoms with van der Waals surface area (Å²) in [6.07, 6.45) is 0. The predicted octanol–water partition coefficient (Wildman–Crippen LogP) is 2.47. The molecule has 0 spiro atoms. The first-order valence-corrected chi connectivity index (χ1v) is 7.88. The fourth-order valence-corrected chi connectivity index (χ4v) is 2.90. The number of nitrogens with two attached hydrogens (primary N) is 1. The van der Waals surface area contributed by atoms with Gasteiger partial charge in [0.25, 0.3) is 0 Å². The van der Waals surface area contributed by atoms with Crippen molar-refractivity contribution in [3.05, 3.63) is 58.6 Å². The monoisotopic (exact) mass is 321 g/mol. The van der Waals surface area contributed by atoms with E-state index in [4.69, 9.17) is 22.0 Å². The molecule has 108 valence electrons. The van der Waals surface area contributed by atoms with Gasteiger partial charge in [0.15, 0.2) is 0 Å². The lowest BCUT2D eigenvalue weighted by Crippen LogP contribution is -2.13. The van der Waals surface area contributed by atoms with E-state index in [2.05, 4.69) is 5.32 Å². The Labute approximate surface area is 128 Å². The lowest BCUT2D eigenvalue weighted by Gasteiger charge is -2.11. The van der Waals surface area contributed by atoms with E-state index in [0.717, 1.165) is 5.56 Å². The number of nitrogens with one attached hydrogen (secondary N) is 1. The van der Waals surface area contributed by atoms with Gasteiger partial charge in [0.05, 0.1) is 16.3 Å². The molecule has 2 aromatic rings. The number of rotatable bonds is 4. The molecule has 7 heteroatoms. The van der Waals surface area contributed by atoms with Crippen molar-refractivity contribution in [3.8, 4) is 6.07 Å². The van der Waals surface area contributed by atoms with Gasteiger partial charge in [-0.3, -0.25) is 0 Å². The third-order valence-corrected chi connectivity index (χ3v) is 4.20. The van der Waals surface area contributed by atoms with Gasteiger partial charge in [0.1, 0.15) is 11.0 Å². The van der Waals surface area contributed by atoms with Crippen LogP contribution in [0.3, 0.4) is 0 Å². The van der Waals surface area contributed by atoms with Crippen LogP contribution in [0, 0.1) is 11.3 Å². The van der Waals surface area contributed by atoms with Gasteiger partial charge in [-0.15, -0.1) is 0 Å². The Morgan fingerprint density at radius 1 is 1.24 bits per heavy atom. The van der Waals surface area contributed by atoms with Crippen molar-refractivity contribution < 1.29 is 8.42 Å². The molecule has 0 aromatic heterocycles. The molecular weight excluding hydrogens is 310 g/mol. The summed E-state index contributed by atoms with van der Waals surface area (Å²) < 4.78 is 22.8. The lowest BCUT2D eigenvalue weighted by molar-refractivity contribution is 0.598. The van der Waals surface area contributed by atoms with Crippen LogP contribution in [0.5, 0.6) is 0 Å². The molecule has 0 fully saturated rings. The second kappa shape index (κ2) is 6.14.